The van der Waals surface area contributed by atoms with Gasteiger partial charge >= 0.3 is 0 Å². The zero-order valence-corrected chi connectivity index (χ0v) is 12.1. The number of rotatable bonds is 5. The van der Waals surface area contributed by atoms with Crippen LogP contribution in [0.5, 0.6) is 0 Å². The quantitative estimate of drug-likeness (QED) is 0.871. The van der Waals surface area contributed by atoms with Crippen molar-refractivity contribution in [3.63, 3.8) is 0 Å². The normalized spacial score (nSPS) is 18.2. The topological polar surface area (TPSA) is 50.2 Å². The van der Waals surface area contributed by atoms with Crippen molar-refractivity contribution in [3.8, 4) is 0 Å². The molecular weight excluding hydrogens is 240 g/mol. The molecular formula is C14H24N4O. The average Bonchev–Trinajstić information content (AvgIpc) is 2.80. The summed E-state index contributed by atoms with van der Waals surface area (Å²) in [6.45, 7) is 6.00. The van der Waals surface area contributed by atoms with E-state index in [1.165, 1.54) is 11.3 Å². The lowest BCUT2D eigenvalue weighted by atomic mass is 9.93. The highest BCUT2D eigenvalue weighted by atomic mass is 16.2. The van der Waals surface area contributed by atoms with E-state index in [4.69, 9.17) is 0 Å². The van der Waals surface area contributed by atoms with Crippen LogP contribution in [0.3, 0.4) is 0 Å². The number of hydrogen-bond acceptors (Lipinski definition) is 3. The monoisotopic (exact) mass is 264 g/mol. The minimum atomic E-state index is 0.181. The van der Waals surface area contributed by atoms with E-state index in [9.17, 15) is 4.79 Å². The van der Waals surface area contributed by atoms with E-state index < -0.39 is 0 Å². The lowest BCUT2D eigenvalue weighted by Gasteiger charge is -2.25. The van der Waals surface area contributed by atoms with Crippen molar-refractivity contribution in [2.75, 3.05) is 19.6 Å². The minimum absolute atomic E-state index is 0.181. The Morgan fingerprint density at radius 2 is 2.26 bits per heavy atom. The number of fused-ring (bicyclic) bond motifs is 1. The van der Waals surface area contributed by atoms with Crippen molar-refractivity contribution in [2.45, 2.75) is 39.2 Å². The second kappa shape index (κ2) is 6.19. The van der Waals surface area contributed by atoms with Crippen LogP contribution in [0.1, 0.15) is 44.0 Å². The van der Waals surface area contributed by atoms with Gasteiger partial charge in [-0.05, 0) is 33.1 Å². The first-order chi connectivity index (χ1) is 9.17. The lowest BCUT2D eigenvalue weighted by Crippen LogP contribution is -2.39. The zero-order valence-electron chi connectivity index (χ0n) is 12.1. The summed E-state index contributed by atoms with van der Waals surface area (Å²) in [4.78, 5) is 13.9. The molecule has 0 radical (unpaired) electrons. The Bertz CT molecular complexity index is 437. The van der Waals surface area contributed by atoms with E-state index >= 15 is 0 Å². The molecule has 1 unspecified atom stereocenters. The number of amides is 1. The summed E-state index contributed by atoms with van der Waals surface area (Å²) in [7, 11) is 1.99. The fourth-order valence-corrected chi connectivity index (χ4v) is 2.82. The van der Waals surface area contributed by atoms with Gasteiger partial charge in [0.25, 0.3) is 0 Å². The van der Waals surface area contributed by atoms with Crippen molar-refractivity contribution in [3.05, 3.63) is 17.5 Å². The maximum absolute atomic E-state index is 12.0. The number of carbonyl (C=O) groups is 1. The standard InChI is InChI=1S/C14H24N4O/c1-4-18(5-2)14(19)10-15-12-7-6-8-13-11(12)9-16-17(13)3/h9,12,15H,4-8,10H2,1-3H3. The molecule has 1 aromatic rings. The molecule has 1 heterocycles. The number of nitrogens with zero attached hydrogens (tertiary/aromatic N) is 3. The van der Waals surface area contributed by atoms with Crippen LogP contribution in [0.15, 0.2) is 6.20 Å². The Morgan fingerprint density at radius 3 is 2.95 bits per heavy atom. The Balaban J connectivity index is 1.96. The minimum Gasteiger partial charge on any atom is -0.342 e. The van der Waals surface area contributed by atoms with Gasteiger partial charge in [-0.15, -0.1) is 0 Å². The van der Waals surface area contributed by atoms with E-state index in [-0.39, 0.29) is 11.9 Å². The van der Waals surface area contributed by atoms with Crippen molar-refractivity contribution < 1.29 is 4.79 Å². The van der Waals surface area contributed by atoms with Crippen molar-refractivity contribution in [1.82, 2.24) is 20.0 Å². The molecule has 0 saturated carbocycles. The number of likely N-dealkylation sites (N-methyl/N-ethyl adjacent to an activating group) is 1. The van der Waals surface area contributed by atoms with Crippen LogP contribution in [-0.2, 0) is 18.3 Å². The highest BCUT2D eigenvalue weighted by Gasteiger charge is 2.23. The van der Waals surface area contributed by atoms with Crippen LogP contribution < -0.4 is 5.32 Å². The van der Waals surface area contributed by atoms with Crippen molar-refractivity contribution in [2.24, 2.45) is 7.05 Å². The van der Waals surface area contributed by atoms with Crippen LogP contribution >= 0.6 is 0 Å². The largest absolute Gasteiger partial charge is 0.342 e. The van der Waals surface area contributed by atoms with Crippen molar-refractivity contribution >= 4 is 5.91 Å². The highest BCUT2D eigenvalue weighted by Crippen LogP contribution is 2.28. The molecule has 0 saturated heterocycles. The predicted octanol–water partition coefficient (Wildman–Crippen LogP) is 1.26. The van der Waals surface area contributed by atoms with E-state index in [0.29, 0.717) is 6.54 Å². The third-order valence-electron chi connectivity index (χ3n) is 3.99. The molecule has 19 heavy (non-hydrogen) atoms. The molecule has 2 rings (SSSR count). The summed E-state index contributed by atoms with van der Waals surface area (Å²) < 4.78 is 1.95. The summed E-state index contributed by atoms with van der Waals surface area (Å²) in [6.07, 6.45) is 5.27. The maximum atomic E-state index is 12.0. The first-order valence-electron chi connectivity index (χ1n) is 7.19. The van der Waals surface area contributed by atoms with Gasteiger partial charge in [0.15, 0.2) is 0 Å². The Morgan fingerprint density at radius 1 is 1.53 bits per heavy atom. The summed E-state index contributed by atoms with van der Waals surface area (Å²) in [5.74, 6) is 0.181. The van der Waals surface area contributed by atoms with Gasteiger partial charge in [0.1, 0.15) is 0 Å². The molecule has 0 spiro atoms. The van der Waals surface area contributed by atoms with Gasteiger partial charge in [-0.3, -0.25) is 9.48 Å². The average molecular weight is 264 g/mol. The first kappa shape index (κ1) is 14.1. The summed E-state index contributed by atoms with van der Waals surface area (Å²) in [6, 6.07) is 0.275. The van der Waals surface area contributed by atoms with Crippen molar-refractivity contribution in [1.29, 1.82) is 0 Å². The molecule has 1 aliphatic carbocycles. The molecule has 1 N–H and O–H groups in total. The van der Waals surface area contributed by atoms with Gasteiger partial charge in [0, 0.05) is 37.4 Å². The molecule has 0 aliphatic heterocycles. The predicted molar refractivity (Wildman–Crippen MR) is 74.8 cm³/mol. The Hall–Kier alpha value is -1.36. The Labute approximate surface area is 115 Å². The highest BCUT2D eigenvalue weighted by molar-refractivity contribution is 5.78. The third kappa shape index (κ3) is 2.97. The van der Waals surface area contributed by atoms with Gasteiger partial charge < -0.3 is 10.2 Å². The number of carbonyl (C=O) groups excluding carboxylic acids is 1. The fourth-order valence-electron chi connectivity index (χ4n) is 2.82. The Kier molecular flexibility index (Phi) is 4.58. The molecule has 1 atom stereocenters. The number of nitrogens with one attached hydrogen (secondary N) is 1. The second-order valence-electron chi connectivity index (χ2n) is 5.06. The summed E-state index contributed by atoms with van der Waals surface area (Å²) in [5, 5.41) is 7.72. The SMILES string of the molecule is CCN(CC)C(=O)CNC1CCCc2c1cnn2C. The molecule has 1 amide bonds. The second-order valence-corrected chi connectivity index (χ2v) is 5.06. The third-order valence-corrected chi connectivity index (χ3v) is 3.99. The zero-order chi connectivity index (χ0) is 13.8. The molecule has 1 aromatic heterocycles. The number of aromatic nitrogens is 2. The van der Waals surface area contributed by atoms with Crippen LogP contribution in [-0.4, -0.2) is 40.2 Å². The van der Waals surface area contributed by atoms with E-state index in [0.717, 1.165) is 32.4 Å². The van der Waals surface area contributed by atoms with Gasteiger partial charge in [0.2, 0.25) is 5.91 Å². The van der Waals surface area contributed by atoms with Gasteiger partial charge in [0.05, 0.1) is 12.7 Å². The molecule has 1 aliphatic rings. The fraction of sp³-hybridized carbons (Fsp3) is 0.714. The summed E-state index contributed by atoms with van der Waals surface area (Å²) in [5.41, 5.74) is 2.57. The van der Waals surface area contributed by atoms with E-state index in [1.807, 2.05) is 36.7 Å². The van der Waals surface area contributed by atoms with Gasteiger partial charge in [-0.25, -0.2) is 0 Å². The van der Waals surface area contributed by atoms with Gasteiger partial charge in [-0.2, -0.15) is 5.10 Å². The van der Waals surface area contributed by atoms with E-state index in [1.54, 1.807) is 0 Å². The number of hydrogen-bond donors (Lipinski definition) is 1. The van der Waals surface area contributed by atoms with Crippen LogP contribution in [0.25, 0.3) is 0 Å². The molecule has 0 fully saturated rings. The molecule has 5 nitrogen and oxygen atoms in total. The van der Waals surface area contributed by atoms with E-state index in [2.05, 4.69) is 10.4 Å². The molecule has 0 aromatic carbocycles. The summed E-state index contributed by atoms with van der Waals surface area (Å²) >= 11 is 0. The number of aryl methyl sites for hydroxylation is 1. The molecule has 5 heteroatoms. The smallest absolute Gasteiger partial charge is 0.236 e. The first-order valence-corrected chi connectivity index (χ1v) is 7.19. The lowest BCUT2D eigenvalue weighted by molar-refractivity contribution is -0.130. The molecule has 106 valence electrons. The van der Waals surface area contributed by atoms with Gasteiger partial charge in [-0.1, -0.05) is 0 Å². The van der Waals surface area contributed by atoms with Crippen LogP contribution in [0.2, 0.25) is 0 Å². The van der Waals surface area contributed by atoms with Crippen LogP contribution in [0, 0.1) is 0 Å². The molecule has 0 bridgehead atoms. The van der Waals surface area contributed by atoms with Crippen LogP contribution in [0.4, 0.5) is 0 Å². The maximum Gasteiger partial charge on any atom is 0.236 e.